The Labute approximate surface area is 186 Å². The number of nitro groups is 1. The summed E-state index contributed by atoms with van der Waals surface area (Å²) in [6, 6.07) is 3.12. The van der Waals surface area contributed by atoms with Gasteiger partial charge in [-0.25, -0.2) is 4.63 Å². The van der Waals surface area contributed by atoms with E-state index in [1.165, 1.54) is 102 Å². The second kappa shape index (κ2) is 15.6. The normalized spacial score (nSPS) is 11.3. The van der Waals surface area contributed by atoms with Crippen LogP contribution in [0.25, 0.3) is 11.0 Å². The maximum absolute atomic E-state index is 11.0. The molecule has 7 nitrogen and oxygen atoms in total. The highest BCUT2D eigenvalue weighted by Crippen LogP contribution is 2.28. The first-order valence-electron chi connectivity index (χ1n) is 12.4. The number of benzene rings is 1. The molecule has 2 rings (SSSR count). The molecule has 0 aliphatic heterocycles. The van der Waals surface area contributed by atoms with E-state index < -0.39 is 4.92 Å². The van der Waals surface area contributed by atoms with Crippen LogP contribution in [0.5, 0.6) is 0 Å². The summed E-state index contributed by atoms with van der Waals surface area (Å²) in [6.45, 7) is 3.09. The zero-order chi connectivity index (χ0) is 22.2. The molecular weight excluding hydrogens is 392 g/mol. The SMILES string of the molecule is CCCCCCCCCCCCCCCCCCNc1ccc([N+](=O)[O-])c2nonc12. The van der Waals surface area contributed by atoms with E-state index in [0.29, 0.717) is 5.52 Å². The Morgan fingerprint density at radius 1 is 0.774 bits per heavy atom. The van der Waals surface area contributed by atoms with Crippen LogP contribution in [0.15, 0.2) is 16.8 Å². The number of nitro benzene ring substituents is 1. The van der Waals surface area contributed by atoms with Gasteiger partial charge in [0, 0.05) is 12.6 Å². The van der Waals surface area contributed by atoms with Gasteiger partial charge in [-0.15, -0.1) is 0 Å². The van der Waals surface area contributed by atoms with Crippen molar-refractivity contribution in [3.63, 3.8) is 0 Å². The molecule has 0 radical (unpaired) electrons. The fourth-order valence-electron chi connectivity index (χ4n) is 4.04. The number of fused-ring (bicyclic) bond motifs is 1. The molecule has 0 aliphatic rings. The van der Waals surface area contributed by atoms with Gasteiger partial charge in [0.2, 0.25) is 5.52 Å². The molecule has 7 heteroatoms. The van der Waals surface area contributed by atoms with Crippen LogP contribution in [0, 0.1) is 10.1 Å². The molecule has 0 unspecified atom stereocenters. The van der Waals surface area contributed by atoms with E-state index in [1.807, 2.05) is 0 Å². The first-order valence-corrected chi connectivity index (χ1v) is 12.4. The van der Waals surface area contributed by atoms with E-state index in [9.17, 15) is 10.1 Å². The Kier molecular flexibility index (Phi) is 12.6. The van der Waals surface area contributed by atoms with Crippen molar-refractivity contribution in [2.45, 2.75) is 110 Å². The lowest BCUT2D eigenvalue weighted by Crippen LogP contribution is -2.02. The van der Waals surface area contributed by atoms with Gasteiger partial charge < -0.3 is 5.32 Å². The zero-order valence-corrected chi connectivity index (χ0v) is 19.2. The fourth-order valence-corrected chi connectivity index (χ4v) is 4.04. The Morgan fingerprint density at radius 3 is 1.77 bits per heavy atom. The standard InChI is InChI=1S/C24H40N4O3/c1-2-3-4-5-6-7-8-9-10-11-12-13-14-15-16-17-20-25-21-18-19-22(28(29)30)24-23(21)26-31-27-24/h18-19,25H,2-17,20H2,1H3. The summed E-state index contributed by atoms with van der Waals surface area (Å²) in [6.07, 6.45) is 21.6. The highest BCUT2D eigenvalue weighted by atomic mass is 16.6. The predicted molar refractivity (Wildman–Crippen MR) is 126 cm³/mol. The minimum absolute atomic E-state index is 0.0794. The number of anilines is 1. The summed E-state index contributed by atoms with van der Waals surface area (Å²) in [5.74, 6) is 0. The molecule has 1 N–H and O–H groups in total. The Bertz CT molecular complexity index is 747. The third-order valence-electron chi connectivity index (χ3n) is 5.94. The second-order valence-corrected chi connectivity index (χ2v) is 8.58. The van der Waals surface area contributed by atoms with Crippen molar-refractivity contribution < 1.29 is 9.55 Å². The van der Waals surface area contributed by atoms with Crippen molar-refractivity contribution in [3.8, 4) is 0 Å². The van der Waals surface area contributed by atoms with Crippen molar-refractivity contribution in [1.82, 2.24) is 10.3 Å². The van der Waals surface area contributed by atoms with Gasteiger partial charge in [0.05, 0.1) is 10.6 Å². The largest absolute Gasteiger partial charge is 0.383 e. The molecule has 0 saturated heterocycles. The third kappa shape index (κ3) is 9.66. The van der Waals surface area contributed by atoms with E-state index in [1.54, 1.807) is 6.07 Å². The molecule has 0 amide bonds. The summed E-state index contributed by atoms with van der Waals surface area (Å²) in [7, 11) is 0. The molecule has 0 bridgehead atoms. The molecule has 1 aromatic heterocycles. The van der Waals surface area contributed by atoms with Gasteiger partial charge in [-0.1, -0.05) is 103 Å². The smallest absolute Gasteiger partial charge is 0.300 e. The van der Waals surface area contributed by atoms with Crippen LogP contribution in [-0.4, -0.2) is 21.8 Å². The highest BCUT2D eigenvalue weighted by molar-refractivity contribution is 5.93. The van der Waals surface area contributed by atoms with E-state index in [4.69, 9.17) is 0 Å². The van der Waals surface area contributed by atoms with Crippen molar-refractivity contribution in [3.05, 3.63) is 22.2 Å². The maximum Gasteiger partial charge on any atom is 0.300 e. The predicted octanol–water partition coefficient (Wildman–Crippen LogP) is 7.80. The number of rotatable bonds is 19. The second-order valence-electron chi connectivity index (χ2n) is 8.58. The van der Waals surface area contributed by atoms with Gasteiger partial charge in [-0.2, -0.15) is 0 Å². The minimum Gasteiger partial charge on any atom is -0.383 e. The summed E-state index contributed by atoms with van der Waals surface area (Å²) >= 11 is 0. The molecular formula is C24H40N4O3. The Balaban J connectivity index is 1.41. The number of hydrogen-bond donors (Lipinski definition) is 1. The van der Waals surface area contributed by atoms with Gasteiger partial charge in [-0.3, -0.25) is 10.1 Å². The lowest BCUT2D eigenvalue weighted by atomic mass is 10.0. The van der Waals surface area contributed by atoms with Crippen molar-refractivity contribution in [2.75, 3.05) is 11.9 Å². The topological polar surface area (TPSA) is 94.1 Å². The van der Waals surface area contributed by atoms with E-state index >= 15 is 0 Å². The maximum atomic E-state index is 11.0. The van der Waals surface area contributed by atoms with E-state index in [2.05, 4.69) is 27.2 Å². The lowest BCUT2D eigenvalue weighted by molar-refractivity contribution is -0.383. The van der Waals surface area contributed by atoms with Crippen LogP contribution < -0.4 is 5.32 Å². The third-order valence-corrected chi connectivity index (χ3v) is 5.94. The van der Waals surface area contributed by atoms with Crippen LogP contribution in [0.3, 0.4) is 0 Å². The first-order chi connectivity index (χ1) is 15.2. The number of non-ortho nitro benzene ring substituents is 1. The Hall–Kier alpha value is -2.18. The minimum atomic E-state index is -0.466. The van der Waals surface area contributed by atoms with Crippen LogP contribution in [-0.2, 0) is 0 Å². The lowest BCUT2D eigenvalue weighted by Gasteiger charge is -2.06. The molecule has 0 spiro atoms. The van der Waals surface area contributed by atoms with Crippen molar-refractivity contribution in [1.29, 1.82) is 0 Å². The molecule has 174 valence electrons. The number of nitrogens with one attached hydrogen (secondary N) is 1. The average molecular weight is 433 g/mol. The molecule has 0 aliphatic carbocycles. The van der Waals surface area contributed by atoms with E-state index in [0.717, 1.165) is 18.7 Å². The van der Waals surface area contributed by atoms with Gasteiger partial charge in [-0.05, 0) is 22.8 Å². The summed E-state index contributed by atoms with van der Waals surface area (Å²) in [5.41, 5.74) is 1.28. The molecule has 31 heavy (non-hydrogen) atoms. The summed E-state index contributed by atoms with van der Waals surface area (Å²) < 4.78 is 4.69. The van der Waals surface area contributed by atoms with Crippen LogP contribution in [0.2, 0.25) is 0 Å². The molecule has 1 heterocycles. The fraction of sp³-hybridized carbons (Fsp3) is 0.750. The molecule has 0 atom stereocenters. The van der Waals surface area contributed by atoms with Crippen molar-refractivity contribution in [2.24, 2.45) is 0 Å². The average Bonchev–Trinajstić information content (AvgIpc) is 3.26. The summed E-state index contributed by atoms with van der Waals surface area (Å²) in [4.78, 5) is 10.6. The van der Waals surface area contributed by atoms with Crippen LogP contribution in [0.4, 0.5) is 11.4 Å². The molecule has 0 fully saturated rings. The van der Waals surface area contributed by atoms with Gasteiger partial charge >= 0.3 is 5.69 Å². The van der Waals surface area contributed by atoms with E-state index in [-0.39, 0.29) is 11.2 Å². The van der Waals surface area contributed by atoms with Gasteiger partial charge in [0.15, 0.2) is 5.52 Å². The molecule has 1 aromatic carbocycles. The highest BCUT2D eigenvalue weighted by Gasteiger charge is 2.19. The zero-order valence-electron chi connectivity index (χ0n) is 19.2. The summed E-state index contributed by atoms with van der Waals surface area (Å²) in [5, 5.41) is 21.8. The number of aromatic nitrogens is 2. The quantitative estimate of drug-likeness (QED) is 0.138. The van der Waals surface area contributed by atoms with Gasteiger partial charge in [0.1, 0.15) is 0 Å². The number of unbranched alkanes of at least 4 members (excludes halogenated alkanes) is 15. The number of nitrogens with zero attached hydrogens (tertiary/aromatic N) is 3. The van der Waals surface area contributed by atoms with Crippen LogP contribution in [0.1, 0.15) is 110 Å². The molecule has 2 aromatic rings. The monoisotopic (exact) mass is 432 g/mol. The van der Waals surface area contributed by atoms with Crippen LogP contribution >= 0.6 is 0 Å². The van der Waals surface area contributed by atoms with Gasteiger partial charge in [0.25, 0.3) is 0 Å². The number of hydrogen-bond acceptors (Lipinski definition) is 6. The first kappa shape index (κ1) is 25.1. The Morgan fingerprint density at radius 2 is 1.26 bits per heavy atom. The van der Waals surface area contributed by atoms with Crippen molar-refractivity contribution >= 4 is 22.4 Å². The molecule has 0 saturated carbocycles.